The van der Waals surface area contributed by atoms with Gasteiger partial charge in [0.15, 0.2) is 0 Å². The molecule has 0 amide bonds. The third-order valence-corrected chi connectivity index (χ3v) is 3.36. The molecule has 2 N–H and O–H groups in total. The van der Waals surface area contributed by atoms with Gasteiger partial charge >= 0.3 is 0 Å². The molecule has 2 rings (SSSR count). The number of hydrogen-bond donors (Lipinski definition) is 1. The quantitative estimate of drug-likeness (QED) is 0.817. The van der Waals surface area contributed by atoms with Crippen LogP contribution in [0.1, 0.15) is 30.4 Å². The lowest BCUT2D eigenvalue weighted by molar-refractivity contribution is 0.661. The zero-order chi connectivity index (χ0) is 10.8. The maximum atomic E-state index is 5.66. The van der Waals surface area contributed by atoms with Crippen LogP contribution in [0, 0.1) is 0 Å². The second-order valence-corrected chi connectivity index (χ2v) is 4.40. The maximum Gasteiger partial charge on any atom is 0.0400 e. The molecule has 0 saturated carbocycles. The Morgan fingerprint density at radius 3 is 2.93 bits per heavy atom. The standard InChI is InChI=1S/C13H20N2/c1-3-10-4-5-13-12(8-10)11(6-7-14)9-15(13)2/h4-5,8,11H,3,6-7,9,14H2,1-2H3. The first-order valence-electron chi connectivity index (χ1n) is 5.80. The molecule has 2 nitrogen and oxygen atoms in total. The third kappa shape index (κ3) is 1.86. The minimum atomic E-state index is 0.640. The smallest absolute Gasteiger partial charge is 0.0400 e. The fraction of sp³-hybridized carbons (Fsp3) is 0.538. The molecule has 1 aromatic carbocycles. The van der Waals surface area contributed by atoms with Gasteiger partial charge in [-0.2, -0.15) is 0 Å². The first-order valence-corrected chi connectivity index (χ1v) is 5.80. The van der Waals surface area contributed by atoms with Gasteiger partial charge in [-0.1, -0.05) is 19.1 Å². The number of nitrogens with zero attached hydrogens (tertiary/aromatic N) is 1. The summed E-state index contributed by atoms with van der Waals surface area (Å²) in [5, 5.41) is 0. The maximum absolute atomic E-state index is 5.66. The van der Waals surface area contributed by atoms with Gasteiger partial charge in [-0.25, -0.2) is 0 Å². The zero-order valence-electron chi connectivity index (χ0n) is 9.66. The lowest BCUT2D eigenvalue weighted by Gasteiger charge is -2.11. The molecule has 1 aliphatic rings. The van der Waals surface area contributed by atoms with Crippen molar-refractivity contribution >= 4 is 5.69 Å². The molecule has 1 aliphatic heterocycles. The number of hydrogen-bond acceptors (Lipinski definition) is 2. The van der Waals surface area contributed by atoms with Crippen LogP contribution in [-0.2, 0) is 6.42 Å². The summed E-state index contributed by atoms with van der Waals surface area (Å²) in [5.74, 6) is 0.640. The number of fused-ring (bicyclic) bond motifs is 1. The fourth-order valence-electron chi connectivity index (χ4n) is 2.47. The highest BCUT2D eigenvalue weighted by molar-refractivity contribution is 5.60. The lowest BCUT2D eigenvalue weighted by atomic mass is 9.96. The summed E-state index contributed by atoms with van der Waals surface area (Å²) in [6.07, 6.45) is 2.22. The molecular weight excluding hydrogens is 184 g/mol. The average molecular weight is 204 g/mol. The number of anilines is 1. The van der Waals surface area contributed by atoms with Crippen molar-refractivity contribution in [3.8, 4) is 0 Å². The number of aryl methyl sites for hydroxylation is 1. The molecule has 0 spiro atoms. The number of benzene rings is 1. The van der Waals surface area contributed by atoms with Crippen molar-refractivity contribution in [1.82, 2.24) is 0 Å². The van der Waals surface area contributed by atoms with Crippen LogP contribution < -0.4 is 10.6 Å². The summed E-state index contributed by atoms with van der Waals surface area (Å²) in [6.45, 7) is 4.12. The highest BCUT2D eigenvalue weighted by Gasteiger charge is 2.25. The van der Waals surface area contributed by atoms with E-state index in [9.17, 15) is 0 Å². The van der Waals surface area contributed by atoms with Gasteiger partial charge in [0.05, 0.1) is 0 Å². The molecule has 1 unspecified atom stereocenters. The van der Waals surface area contributed by atoms with Crippen LogP contribution in [0.3, 0.4) is 0 Å². The second kappa shape index (κ2) is 4.23. The van der Waals surface area contributed by atoms with E-state index in [1.54, 1.807) is 0 Å². The van der Waals surface area contributed by atoms with Gasteiger partial charge in [0.2, 0.25) is 0 Å². The van der Waals surface area contributed by atoms with Crippen molar-refractivity contribution in [2.24, 2.45) is 5.73 Å². The number of likely N-dealkylation sites (N-methyl/N-ethyl adjacent to an activating group) is 1. The SMILES string of the molecule is CCc1ccc2c(c1)C(CCN)CN2C. The number of nitrogens with two attached hydrogens (primary N) is 1. The van der Waals surface area contributed by atoms with Crippen molar-refractivity contribution in [3.63, 3.8) is 0 Å². The molecule has 2 heteroatoms. The molecule has 1 aromatic rings. The Hall–Kier alpha value is -1.02. The molecule has 0 fully saturated rings. The minimum absolute atomic E-state index is 0.640. The normalized spacial score (nSPS) is 19.4. The minimum Gasteiger partial charge on any atom is -0.374 e. The Labute approximate surface area is 92.1 Å². The van der Waals surface area contributed by atoms with E-state index in [0.717, 1.165) is 25.9 Å². The van der Waals surface area contributed by atoms with Gasteiger partial charge < -0.3 is 10.6 Å². The van der Waals surface area contributed by atoms with E-state index in [-0.39, 0.29) is 0 Å². The van der Waals surface area contributed by atoms with Crippen LogP contribution in [-0.4, -0.2) is 20.1 Å². The fourth-order valence-corrected chi connectivity index (χ4v) is 2.47. The number of rotatable bonds is 3. The molecule has 0 bridgehead atoms. The average Bonchev–Trinajstić information content (AvgIpc) is 2.56. The Morgan fingerprint density at radius 1 is 1.47 bits per heavy atom. The summed E-state index contributed by atoms with van der Waals surface area (Å²) in [5.41, 5.74) is 10.00. The van der Waals surface area contributed by atoms with Crippen LogP contribution in [0.15, 0.2) is 18.2 Å². The predicted molar refractivity (Wildman–Crippen MR) is 65.5 cm³/mol. The molecule has 0 saturated heterocycles. The van der Waals surface area contributed by atoms with E-state index in [4.69, 9.17) is 5.73 Å². The summed E-state index contributed by atoms with van der Waals surface area (Å²) in [7, 11) is 2.17. The molecular formula is C13H20N2. The molecule has 0 aromatic heterocycles. The molecule has 1 heterocycles. The van der Waals surface area contributed by atoms with E-state index in [2.05, 4.69) is 37.1 Å². The van der Waals surface area contributed by atoms with Crippen molar-refractivity contribution in [3.05, 3.63) is 29.3 Å². The van der Waals surface area contributed by atoms with Gasteiger partial charge in [-0.15, -0.1) is 0 Å². The molecule has 0 radical (unpaired) electrons. The van der Waals surface area contributed by atoms with Crippen molar-refractivity contribution in [1.29, 1.82) is 0 Å². The van der Waals surface area contributed by atoms with E-state index >= 15 is 0 Å². The third-order valence-electron chi connectivity index (χ3n) is 3.36. The van der Waals surface area contributed by atoms with Gasteiger partial charge in [-0.3, -0.25) is 0 Å². The summed E-state index contributed by atoms with van der Waals surface area (Å²) in [4.78, 5) is 2.34. The first-order chi connectivity index (χ1) is 7.26. The van der Waals surface area contributed by atoms with Crippen molar-refractivity contribution in [2.45, 2.75) is 25.7 Å². The summed E-state index contributed by atoms with van der Waals surface area (Å²) < 4.78 is 0. The van der Waals surface area contributed by atoms with Gasteiger partial charge in [0, 0.05) is 25.2 Å². The van der Waals surface area contributed by atoms with Crippen LogP contribution in [0.5, 0.6) is 0 Å². The Kier molecular flexibility index (Phi) is 2.96. The molecule has 1 atom stereocenters. The first kappa shape index (κ1) is 10.5. The Balaban J connectivity index is 2.34. The summed E-state index contributed by atoms with van der Waals surface area (Å²) in [6, 6.07) is 6.85. The van der Waals surface area contributed by atoms with Crippen LogP contribution in [0.2, 0.25) is 0 Å². The van der Waals surface area contributed by atoms with Gasteiger partial charge in [0.25, 0.3) is 0 Å². The van der Waals surface area contributed by atoms with E-state index in [1.807, 2.05) is 0 Å². The molecule has 0 aliphatic carbocycles. The van der Waals surface area contributed by atoms with E-state index < -0.39 is 0 Å². The highest BCUT2D eigenvalue weighted by Crippen LogP contribution is 2.37. The van der Waals surface area contributed by atoms with E-state index in [0.29, 0.717) is 5.92 Å². The van der Waals surface area contributed by atoms with Crippen LogP contribution in [0.25, 0.3) is 0 Å². The lowest BCUT2D eigenvalue weighted by Crippen LogP contribution is -2.16. The van der Waals surface area contributed by atoms with E-state index in [1.165, 1.54) is 16.8 Å². The summed E-state index contributed by atoms with van der Waals surface area (Å²) >= 11 is 0. The van der Waals surface area contributed by atoms with Crippen molar-refractivity contribution < 1.29 is 0 Å². The Morgan fingerprint density at radius 2 is 2.27 bits per heavy atom. The predicted octanol–water partition coefficient (Wildman–Crippen LogP) is 2.13. The van der Waals surface area contributed by atoms with Gasteiger partial charge in [-0.05, 0) is 36.6 Å². The molecule has 82 valence electrons. The van der Waals surface area contributed by atoms with Gasteiger partial charge in [0.1, 0.15) is 0 Å². The Bertz CT molecular complexity index is 346. The van der Waals surface area contributed by atoms with Crippen LogP contribution >= 0.6 is 0 Å². The van der Waals surface area contributed by atoms with Crippen molar-refractivity contribution in [2.75, 3.05) is 25.0 Å². The monoisotopic (exact) mass is 204 g/mol. The highest BCUT2D eigenvalue weighted by atomic mass is 15.1. The van der Waals surface area contributed by atoms with Crippen LogP contribution in [0.4, 0.5) is 5.69 Å². The molecule has 15 heavy (non-hydrogen) atoms. The zero-order valence-corrected chi connectivity index (χ0v) is 9.66. The topological polar surface area (TPSA) is 29.3 Å². The second-order valence-electron chi connectivity index (χ2n) is 4.40. The largest absolute Gasteiger partial charge is 0.374 e.